The first-order valence-electron chi connectivity index (χ1n) is 9.79. The molecule has 9 nitrogen and oxygen atoms in total. The van der Waals surface area contributed by atoms with E-state index in [9.17, 15) is 19.5 Å². The Morgan fingerprint density at radius 3 is 2.66 bits per heavy atom. The van der Waals surface area contributed by atoms with Gasteiger partial charge in [0.15, 0.2) is 0 Å². The number of carbonyl (C=O) groups is 2. The zero-order valence-electron chi connectivity index (χ0n) is 17.2. The van der Waals surface area contributed by atoms with E-state index in [1.807, 2.05) is 31.2 Å². The molecule has 32 heavy (non-hydrogen) atoms. The van der Waals surface area contributed by atoms with Gasteiger partial charge in [0.2, 0.25) is 0 Å². The van der Waals surface area contributed by atoms with E-state index in [0.29, 0.717) is 34.2 Å². The van der Waals surface area contributed by atoms with Crippen LogP contribution in [0.1, 0.15) is 32.9 Å². The Hall–Kier alpha value is -3.66. The standard InChI is InChI=1S/C22H20N4O5S/c1-12-4-2-3-5-14(12)16-7-23-13(6-24-16)9-26-17-11-32-10-15(17)20(29)19(22(26)31)21(30)25-8-18(27)28/h2-7,29H,8-11H2,1H3,(H,25,30)(H,27,28). The van der Waals surface area contributed by atoms with E-state index in [2.05, 4.69) is 15.3 Å². The van der Waals surface area contributed by atoms with Crippen molar-refractivity contribution in [1.29, 1.82) is 0 Å². The summed E-state index contributed by atoms with van der Waals surface area (Å²) in [7, 11) is 0. The van der Waals surface area contributed by atoms with Gasteiger partial charge in [0.25, 0.3) is 11.5 Å². The lowest BCUT2D eigenvalue weighted by molar-refractivity contribution is -0.135. The SMILES string of the molecule is Cc1ccccc1-c1cnc(Cn2c3c(c(O)c(C(=O)NCC(=O)O)c2=O)CSC3)cn1. The molecule has 3 N–H and O–H groups in total. The third-order valence-electron chi connectivity index (χ3n) is 5.21. The third kappa shape index (κ3) is 4.09. The van der Waals surface area contributed by atoms with Gasteiger partial charge in [-0.05, 0) is 12.5 Å². The van der Waals surface area contributed by atoms with E-state index in [1.165, 1.54) is 16.3 Å². The van der Waals surface area contributed by atoms with Crippen LogP contribution in [0.2, 0.25) is 0 Å². The van der Waals surface area contributed by atoms with Crippen molar-refractivity contribution in [3.8, 4) is 17.0 Å². The minimum Gasteiger partial charge on any atom is -0.507 e. The highest BCUT2D eigenvalue weighted by Gasteiger charge is 2.29. The Morgan fingerprint density at radius 1 is 1.19 bits per heavy atom. The molecule has 0 saturated heterocycles. The van der Waals surface area contributed by atoms with Gasteiger partial charge in [-0.3, -0.25) is 24.4 Å². The van der Waals surface area contributed by atoms with E-state index >= 15 is 0 Å². The second-order valence-electron chi connectivity index (χ2n) is 7.32. The van der Waals surface area contributed by atoms with Crippen molar-refractivity contribution in [2.75, 3.05) is 6.54 Å². The van der Waals surface area contributed by atoms with Gasteiger partial charge in [0, 0.05) is 28.3 Å². The van der Waals surface area contributed by atoms with Crippen LogP contribution in [-0.2, 0) is 22.8 Å². The number of amides is 1. The van der Waals surface area contributed by atoms with Gasteiger partial charge in [-0.15, -0.1) is 0 Å². The Morgan fingerprint density at radius 2 is 1.97 bits per heavy atom. The molecule has 0 saturated carbocycles. The highest BCUT2D eigenvalue weighted by Crippen LogP contribution is 2.36. The molecule has 164 valence electrons. The molecule has 0 fully saturated rings. The summed E-state index contributed by atoms with van der Waals surface area (Å²) in [5, 5.41) is 21.5. The number of aromatic nitrogens is 3. The number of nitrogens with zero attached hydrogens (tertiary/aromatic N) is 3. The molecule has 4 rings (SSSR count). The monoisotopic (exact) mass is 452 g/mol. The molecule has 0 bridgehead atoms. The number of hydrogen-bond donors (Lipinski definition) is 3. The minimum atomic E-state index is -1.25. The number of thioether (sulfide) groups is 1. The van der Waals surface area contributed by atoms with Gasteiger partial charge in [-0.1, -0.05) is 24.3 Å². The number of fused-ring (bicyclic) bond motifs is 1. The quantitative estimate of drug-likeness (QED) is 0.516. The second-order valence-corrected chi connectivity index (χ2v) is 8.30. The number of carbonyl (C=O) groups excluding carboxylic acids is 1. The zero-order chi connectivity index (χ0) is 22.8. The first-order chi connectivity index (χ1) is 15.4. The maximum atomic E-state index is 13.1. The molecule has 0 aliphatic carbocycles. The van der Waals surface area contributed by atoms with Gasteiger partial charge in [-0.2, -0.15) is 11.8 Å². The first-order valence-corrected chi connectivity index (χ1v) is 10.9. The van der Waals surface area contributed by atoms with Gasteiger partial charge in [-0.25, -0.2) is 0 Å². The van der Waals surface area contributed by atoms with Gasteiger partial charge in [0.1, 0.15) is 17.9 Å². The van der Waals surface area contributed by atoms with Crippen molar-refractivity contribution >= 4 is 23.6 Å². The Bertz CT molecular complexity index is 1270. The van der Waals surface area contributed by atoms with Crippen LogP contribution in [0.4, 0.5) is 0 Å². The Balaban J connectivity index is 1.70. The summed E-state index contributed by atoms with van der Waals surface area (Å²) in [5.74, 6) is -1.62. The number of aryl methyl sites for hydroxylation is 1. The highest BCUT2D eigenvalue weighted by molar-refractivity contribution is 7.98. The van der Waals surface area contributed by atoms with E-state index in [0.717, 1.165) is 11.1 Å². The number of carboxylic acid groups (broad SMARTS) is 1. The molecule has 0 unspecified atom stereocenters. The summed E-state index contributed by atoms with van der Waals surface area (Å²) in [6.45, 7) is 1.40. The summed E-state index contributed by atoms with van der Waals surface area (Å²) < 4.78 is 1.40. The van der Waals surface area contributed by atoms with Crippen LogP contribution in [0.15, 0.2) is 41.5 Å². The number of benzene rings is 1. The average molecular weight is 452 g/mol. The molecule has 1 amide bonds. The molecule has 0 atom stereocenters. The number of rotatable bonds is 6. The molecule has 1 aliphatic rings. The predicted molar refractivity (Wildman–Crippen MR) is 119 cm³/mol. The normalized spacial score (nSPS) is 12.4. The first kappa shape index (κ1) is 21.6. The number of aliphatic carboxylic acids is 1. The fraction of sp³-hybridized carbons (Fsp3) is 0.227. The van der Waals surface area contributed by atoms with E-state index in [4.69, 9.17) is 5.11 Å². The number of pyridine rings is 1. The average Bonchev–Trinajstić information content (AvgIpc) is 3.26. The topological polar surface area (TPSA) is 134 Å². The number of carboxylic acids is 1. The molecule has 0 spiro atoms. The van der Waals surface area contributed by atoms with Crippen LogP contribution in [0.5, 0.6) is 5.75 Å². The van der Waals surface area contributed by atoms with Crippen LogP contribution in [0.3, 0.4) is 0 Å². The second kappa shape index (κ2) is 8.83. The van der Waals surface area contributed by atoms with Crippen LogP contribution in [-0.4, -0.2) is 43.2 Å². The van der Waals surface area contributed by atoms with E-state index in [1.54, 1.807) is 12.4 Å². The summed E-state index contributed by atoms with van der Waals surface area (Å²) in [5.41, 5.74) is 3.22. The van der Waals surface area contributed by atoms with E-state index in [-0.39, 0.29) is 6.54 Å². The molecule has 3 aromatic rings. The number of hydrogen-bond acceptors (Lipinski definition) is 7. The van der Waals surface area contributed by atoms with Crippen molar-refractivity contribution in [3.63, 3.8) is 0 Å². The van der Waals surface area contributed by atoms with Crippen molar-refractivity contribution in [2.24, 2.45) is 0 Å². The minimum absolute atomic E-state index is 0.0717. The molecule has 2 aromatic heterocycles. The molecule has 0 radical (unpaired) electrons. The third-order valence-corrected chi connectivity index (χ3v) is 6.19. The largest absolute Gasteiger partial charge is 0.507 e. The summed E-state index contributed by atoms with van der Waals surface area (Å²) in [6.07, 6.45) is 3.22. The van der Waals surface area contributed by atoms with E-state index < -0.39 is 35.3 Å². The highest BCUT2D eigenvalue weighted by atomic mass is 32.2. The van der Waals surface area contributed by atoms with Crippen molar-refractivity contribution < 1.29 is 19.8 Å². The Kier molecular flexibility index (Phi) is 5.95. The van der Waals surface area contributed by atoms with Crippen LogP contribution in [0, 0.1) is 6.92 Å². The lowest BCUT2D eigenvalue weighted by atomic mass is 10.1. The van der Waals surface area contributed by atoms with Crippen LogP contribution >= 0.6 is 11.8 Å². The zero-order valence-corrected chi connectivity index (χ0v) is 18.0. The molecule has 1 aromatic carbocycles. The number of aromatic hydroxyl groups is 1. The summed E-state index contributed by atoms with van der Waals surface area (Å²) in [4.78, 5) is 45.2. The molecule has 1 aliphatic heterocycles. The summed E-state index contributed by atoms with van der Waals surface area (Å²) >= 11 is 1.51. The van der Waals surface area contributed by atoms with Crippen LogP contribution < -0.4 is 10.9 Å². The van der Waals surface area contributed by atoms with Crippen molar-refractivity contribution in [2.45, 2.75) is 25.0 Å². The smallest absolute Gasteiger partial charge is 0.322 e. The maximum absolute atomic E-state index is 13.1. The molecular weight excluding hydrogens is 432 g/mol. The van der Waals surface area contributed by atoms with Crippen molar-refractivity contribution in [3.05, 3.63) is 75.1 Å². The van der Waals surface area contributed by atoms with Crippen LogP contribution in [0.25, 0.3) is 11.3 Å². The van der Waals surface area contributed by atoms with Crippen molar-refractivity contribution in [1.82, 2.24) is 19.9 Å². The van der Waals surface area contributed by atoms with Gasteiger partial charge >= 0.3 is 5.97 Å². The fourth-order valence-electron chi connectivity index (χ4n) is 3.59. The summed E-state index contributed by atoms with van der Waals surface area (Å²) in [6, 6.07) is 7.81. The predicted octanol–water partition coefficient (Wildman–Crippen LogP) is 1.93. The number of nitrogens with one attached hydrogen (secondary N) is 1. The van der Waals surface area contributed by atoms with Gasteiger partial charge < -0.3 is 20.1 Å². The maximum Gasteiger partial charge on any atom is 0.322 e. The van der Waals surface area contributed by atoms with Gasteiger partial charge in [0.05, 0.1) is 30.3 Å². The molecule has 3 heterocycles. The lowest BCUT2D eigenvalue weighted by Gasteiger charge is -2.16. The lowest BCUT2D eigenvalue weighted by Crippen LogP contribution is -2.37. The molecule has 10 heteroatoms. The molecular formula is C22H20N4O5S. The fourth-order valence-corrected chi connectivity index (χ4v) is 4.72. The Labute approximate surface area is 187 Å².